The van der Waals surface area contributed by atoms with Crippen LogP contribution in [0.25, 0.3) is 0 Å². The second-order valence-corrected chi connectivity index (χ2v) is 6.00. The van der Waals surface area contributed by atoms with Crippen molar-refractivity contribution in [2.45, 2.75) is 64.4 Å². The molecule has 2 nitrogen and oxygen atoms in total. The van der Waals surface area contributed by atoms with Crippen LogP contribution in [0, 0.1) is 11.6 Å². The molecule has 1 aromatic rings. The molecule has 0 amide bonds. The molecule has 0 spiro atoms. The highest BCUT2D eigenvalue weighted by atomic mass is 19.2. The molecular weight excluding hydrogens is 286 g/mol. The molecule has 1 unspecified atom stereocenters. The lowest BCUT2D eigenvalue weighted by Gasteiger charge is -2.29. The van der Waals surface area contributed by atoms with Gasteiger partial charge in [-0.05, 0) is 37.3 Å². The third-order valence-electron chi connectivity index (χ3n) is 4.25. The van der Waals surface area contributed by atoms with Gasteiger partial charge in [0.1, 0.15) is 0 Å². The van der Waals surface area contributed by atoms with Gasteiger partial charge in [0.25, 0.3) is 0 Å². The van der Waals surface area contributed by atoms with Gasteiger partial charge in [-0.1, -0.05) is 32.8 Å². The van der Waals surface area contributed by atoms with Crippen molar-refractivity contribution in [2.75, 3.05) is 13.2 Å². The molecule has 0 aromatic heterocycles. The van der Waals surface area contributed by atoms with Gasteiger partial charge in [0.05, 0.1) is 19.3 Å². The third-order valence-corrected chi connectivity index (χ3v) is 4.25. The Bertz CT molecular complexity index is 468. The van der Waals surface area contributed by atoms with Crippen LogP contribution in [0.4, 0.5) is 8.78 Å². The minimum atomic E-state index is -0.871. The van der Waals surface area contributed by atoms with Crippen LogP contribution in [-0.2, 0) is 4.74 Å². The van der Waals surface area contributed by atoms with Crippen LogP contribution in [-0.4, -0.2) is 19.3 Å². The molecule has 4 heteroatoms. The lowest BCUT2D eigenvalue weighted by molar-refractivity contribution is -0.00184. The van der Waals surface area contributed by atoms with E-state index in [-0.39, 0.29) is 17.8 Å². The predicted molar refractivity (Wildman–Crippen MR) is 83.4 cm³/mol. The van der Waals surface area contributed by atoms with Crippen molar-refractivity contribution in [2.24, 2.45) is 0 Å². The molecule has 1 aliphatic heterocycles. The van der Waals surface area contributed by atoms with E-state index in [4.69, 9.17) is 9.47 Å². The summed E-state index contributed by atoms with van der Waals surface area (Å²) in [6.07, 6.45) is 5.94. The number of benzene rings is 1. The first-order valence-corrected chi connectivity index (χ1v) is 8.39. The first-order valence-electron chi connectivity index (χ1n) is 8.39. The Morgan fingerprint density at radius 2 is 1.95 bits per heavy atom. The number of hydrogen-bond donors (Lipinski definition) is 0. The largest absolute Gasteiger partial charge is 0.490 e. The van der Waals surface area contributed by atoms with Crippen LogP contribution in [0.2, 0.25) is 0 Å². The average molecular weight is 312 g/mol. The van der Waals surface area contributed by atoms with E-state index in [0.29, 0.717) is 18.8 Å². The summed E-state index contributed by atoms with van der Waals surface area (Å²) in [7, 11) is 0. The molecule has 0 bridgehead atoms. The molecule has 2 atom stereocenters. The summed E-state index contributed by atoms with van der Waals surface area (Å²) >= 11 is 0. The molecule has 22 heavy (non-hydrogen) atoms. The molecule has 1 heterocycles. The van der Waals surface area contributed by atoms with Crippen molar-refractivity contribution in [3.8, 4) is 5.75 Å². The van der Waals surface area contributed by atoms with Gasteiger partial charge in [-0.25, -0.2) is 4.39 Å². The zero-order valence-electron chi connectivity index (χ0n) is 13.5. The zero-order valence-corrected chi connectivity index (χ0v) is 13.5. The SMILES string of the molecule is CCCCOc1ccc([C@@H]2CCC(CCC)OC2)c(F)c1F. The Hall–Kier alpha value is -1.16. The Kier molecular flexibility index (Phi) is 6.62. The highest BCUT2D eigenvalue weighted by Gasteiger charge is 2.26. The van der Waals surface area contributed by atoms with Gasteiger partial charge in [-0.2, -0.15) is 4.39 Å². The van der Waals surface area contributed by atoms with Crippen molar-refractivity contribution in [3.63, 3.8) is 0 Å². The van der Waals surface area contributed by atoms with E-state index in [1.54, 1.807) is 12.1 Å². The molecule has 1 saturated heterocycles. The molecular formula is C18H26F2O2. The Morgan fingerprint density at radius 3 is 2.59 bits per heavy atom. The van der Waals surface area contributed by atoms with Gasteiger partial charge in [-0.3, -0.25) is 0 Å². The van der Waals surface area contributed by atoms with Crippen molar-refractivity contribution >= 4 is 0 Å². The van der Waals surface area contributed by atoms with E-state index in [2.05, 4.69) is 6.92 Å². The summed E-state index contributed by atoms with van der Waals surface area (Å²) in [5.41, 5.74) is 0.412. The molecule has 2 rings (SSSR count). The van der Waals surface area contributed by atoms with Gasteiger partial charge in [-0.15, -0.1) is 0 Å². The topological polar surface area (TPSA) is 18.5 Å². The van der Waals surface area contributed by atoms with Crippen LogP contribution < -0.4 is 4.74 Å². The zero-order chi connectivity index (χ0) is 15.9. The van der Waals surface area contributed by atoms with Gasteiger partial charge in [0, 0.05) is 5.92 Å². The maximum absolute atomic E-state index is 14.3. The second-order valence-electron chi connectivity index (χ2n) is 6.00. The predicted octanol–water partition coefficient (Wildman–Crippen LogP) is 5.21. The number of rotatable bonds is 7. The number of ether oxygens (including phenoxy) is 2. The van der Waals surface area contributed by atoms with Gasteiger partial charge < -0.3 is 9.47 Å². The van der Waals surface area contributed by atoms with Crippen molar-refractivity contribution in [3.05, 3.63) is 29.3 Å². The molecule has 124 valence electrons. The minimum Gasteiger partial charge on any atom is -0.490 e. The molecule has 1 fully saturated rings. The summed E-state index contributed by atoms with van der Waals surface area (Å²) in [5.74, 6) is -1.71. The maximum atomic E-state index is 14.3. The fourth-order valence-corrected chi connectivity index (χ4v) is 2.90. The lowest BCUT2D eigenvalue weighted by Crippen LogP contribution is -2.25. The van der Waals surface area contributed by atoms with E-state index < -0.39 is 11.6 Å². The fourth-order valence-electron chi connectivity index (χ4n) is 2.90. The summed E-state index contributed by atoms with van der Waals surface area (Å²) in [5, 5.41) is 0. The number of unbranched alkanes of at least 4 members (excludes halogenated alkanes) is 1. The van der Waals surface area contributed by atoms with Crippen LogP contribution in [0.15, 0.2) is 12.1 Å². The Balaban J connectivity index is 2.02. The Labute approximate surface area is 131 Å². The van der Waals surface area contributed by atoms with E-state index in [0.717, 1.165) is 38.5 Å². The highest BCUT2D eigenvalue weighted by Crippen LogP contribution is 2.34. The monoisotopic (exact) mass is 312 g/mol. The number of hydrogen-bond acceptors (Lipinski definition) is 2. The van der Waals surface area contributed by atoms with Crippen LogP contribution >= 0.6 is 0 Å². The van der Waals surface area contributed by atoms with Crippen molar-refractivity contribution in [1.29, 1.82) is 0 Å². The van der Waals surface area contributed by atoms with Crippen molar-refractivity contribution < 1.29 is 18.3 Å². The van der Waals surface area contributed by atoms with Crippen LogP contribution in [0.5, 0.6) is 5.75 Å². The fraction of sp³-hybridized carbons (Fsp3) is 0.667. The van der Waals surface area contributed by atoms with Crippen LogP contribution in [0.1, 0.15) is 63.9 Å². The van der Waals surface area contributed by atoms with E-state index in [1.807, 2.05) is 6.92 Å². The summed E-state index contributed by atoms with van der Waals surface area (Å²) < 4.78 is 39.5. The summed E-state index contributed by atoms with van der Waals surface area (Å²) in [6.45, 7) is 5.04. The van der Waals surface area contributed by atoms with E-state index in [9.17, 15) is 8.78 Å². The van der Waals surface area contributed by atoms with Crippen LogP contribution in [0.3, 0.4) is 0 Å². The third kappa shape index (κ3) is 4.19. The van der Waals surface area contributed by atoms with E-state index in [1.165, 1.54) is 0 Å². The van der Waals surface area contributed by atoms with Gasteiger partial charge in [0.15, 0.2) is 11.6 Å². The number of halogens is 2. The van der Waals surface area contributed by atoms with Gasteiger partial charge >= 0.3 is 0 Å². The van der Waals surface area contributed by atoms with Crippen molar-refractivity contribution in [1.82, 2.24) is 0 Å². The molecule has 1 aromatic carbocycles. The minimum absolute atomic E-state index is 0.00953. The average Bonchev–Trinajstić information content (AvgIpc) is 2.53. The molecule has 0 aliphatic carbocycles. The molecule has 1 aliphatic rings. The highest BCUT2D eigenvalue weighted by molar-refractivity contribution is 5.33. The first kappa shape index (κ1) is 17.2. The maximum Gasteiger partial charge on any atom is 0.200 e. The molecule has 0 radical (unpaired) electrons. The second kappa shape index (κ2) is 8.47. The summed E-state index contributed by atoms with van der Waals surface area (Å²) in [4.78, 5) is 0. The summed E-state index contributed by atoms with van der Waals surface area (Å²) in [6, 6.07) is 3.19. The Morgan fingerprint density at radius 1 is 1.14 bits per heavy atom. The van der Waals surface area contributed by atoms with Gasteiger partial charge in [0.2, 0.25) is 5.82 Å². The quantitative estimate of drug-likeness (QED) is 0.644. The normalized spacial score (nSPS) is 21.8. The lowest BCUT2D eigenvalue weighted by atomic mass is 9.90. The first-order chi connectivity index (χ1) is 10.7. The molecule has 0 saturated carbocycles. The molecule has 0 N–H and O–H groups in total. The van der Waals surface area contributed by atoms with E-state index >= 15 is 0 Å². The smallest absolute Gasteiger partial charge is 0.200 e. The standard InChI is InChI=1S/C18H26F2O2/c1-3-5-11-21-16-10-9-15(17(19)18(16)20)13-7-8-14(6-4-2)22-12-13/h9-10,13-14H,3-8,11-12H2,1-2H3/t13-,14?/m1/s1.